The Morgan fingerprint density at radius 3 is 2.96 bits per heavy atom. The maximum atomic E-state index is 11.6. The van der Waals surface area contributed by atoms with E-state index in [1.165, 1.54) is 6.92 Å². The lowest BCUT2D eigenvalue weighted by Gasteiger charge is -2.12. The van der Waals surface area contributed by atoms with Crippen LogP contribution in [0.25, 0.3) is 22.0 Å². The summed E-state index contributed by atoms with van der Waals surface area (Å²) >= 11 is 12.7. The monoisotopic (exact) mass is 348 g/mol. The van der Waals surface area contributed by atoms with Crippen molar-refractivity contribution in [2.24, 2.45) is 0 Å². The van der Waals surface area contributed by atoms with Crippen molar-refractivity contribution >= 4 is 40.0 Å². The highest BCUT2D eigenvalue weighted by molar-refractivity contribution is 6.45. The molecule has 4 rings (SSSR count). The van der Waals surface area contributed by atoms with Crippen LogP contribution in [0.3, 0.4) is 0 Å². The number of carbonyl (C=O) groups excluding carboxylic acids is 1. The van der Waals surface area contributed by atoms with E-state index in [1.54, 1.807) is 12.3 Å². The van der Waals surface area contributed by atoms with E-state index < -0.39 is 0 Å². The molecule has 0 saturated carbocycles. The molecule has 7 heteroatoms. The van der Waals surface area contributed by atoms with E-state index >= 15 is 0 Å². The van der Waals surface area contributed by atoms with Gasteiger partial charge in [-0.2, -0.15) is 5.10 Å². The molecule has 2 aromatic heterocycles. The van der Waals surface area contributed by atoms with E-state index in [0.717, 1.165) is 40.7 Å². The quantitative estimate of drug-likeness (QED) is 0.737. The summed E-state index contributed by atoms with van der Waals surface area (Å²) in [6, 6.07) is 3.74. The van der Waals surface area contributed by atoms with Gasteiger partial charge in [0.2, 0.25) is 5.91 Å². The van der Waals surface area contributed by atoms with Crippen LogP contribution < -0.4 is 5.32 Å². The molecule has 1 atom stereocenters. The molecule has 0 spiro atoms. The van der Waals surface area contributed by atoms with Gasteiger partial charge < -0.3 is 9.88 Å². The van der Waals surface area contributed by atoms with E-state index in [-0.39, 0.29) is 11.9 Å². The Hall–Kier alpha value is -1.98. The first-order chi connectivity index (χ1) is 11.1. The molecule has 118 valence electrons. The van der Waals surface area contributed by atoms with Crippen molar-refractivity contribution in [1.29, 1.82) is 0 Å². The average Bonchev–Trinajstić information content (AvgIpc) is 3.19. The highest BCUT2D eigenvalue weighted by Crippen LogP contribution is 2.45. The first kappa shape index (κ1) is 14.6. The van der Waals surface area contributed by atoms with Crippen LogP contribution in [0.4, 0.5) is 0 Å². The van der Waals surface area contributed by atoms with Crippen LogP contribution in [-0.2, 0) is 11.3 Å². The van der Waals surface area contributed by atoms with Crippen molar-refractivity contribution in [3.8, 4) is 11.1 Å². The Kier molecular flexibility index (Phi) is 3.36. The number of hydrogen-bond acceptors (Lipinski definition) is 2. The minimum atomic E-state index is -0.0454. The van der Waals surface area contributed by atoms with Crippen molar-refractivity contribution in [2.75, 3.05) is 0 Å². The first-order valence-electron chi connectivity index (χ1n) is 7.34. The zero-order valence-electron chi connectivity index (χ0n) is 12.4. The predicted molar refractivity (Wildman–Crippen MR) is 90.7 cm³/mol. The Labute approximate surface area is 142 Å². The van der Waals surface area contributed by atoms with Crippen LogP contribution >= 0.6 is 23.2 Å². The summed E-state index contributed by atoms with van der Waals surface area (Å²) in [6.45, 7) is 2.32. The van der Waals surface area contributed by atoms with Crippen molar-refractivity contribution in [3.63, 3.8) is 0 Å². The second kappa shape index (κ2) is 5.28. The molecule has 5 nitrogen and oxygen atoms in total. The molecule has 0 fully saturated rings. The molecule has 23 heavy (non-hydrogen) atoms. The Bertz CT molecular complexity index is 914. The number of amides is 1. The molecule has 0 saturated heterocycles. The molecule has 0 aliphatic carbocycles. The van der Waals surface area contributed by atoms with Gasteiger partial charge in [0.15, 0.2) is 0 Å². The van der Waals surface area contributed by atoms with Crippen LogP contribution in [0.15, 0.2) is 24.5 Å². The number of nitrogens with zero attached hydrogens (tertiary/aromatic N) is 2. The average molecular weight is 349 g/mol. The summed E-state index contributed by atoms with van der Waals surface area (Å²) in [6.07, 6.45) is 4.46. The third-order valence-corrected chi connectivity index (χ3v) is 5.09. The summed E-state index contributed by atoms with van der Waals surface area (Å²) in [5.41, 5.74) is 3.99. The summed E-state index contributed by atoms with van der Waals surface area (Å²) < 4.78 is 2.16. The van der Waals surface area contributed by atoms with Crippen molar-refractivity contribution in [1.82, 2.24) is 20.1 Å². The smallest absolute Gasteiger partial charge is 0.217 e. The maximum Gasteiger partial charge on any atom is 0.217 e. The lowest BCUT2D eigenvalue weighted by Crippen LogP contribution is -2.24. The fourth-order valence-corrected chi connectivity index (χ4v) is 3.88. The van der Waals surface area contributed by atoms with E-state index in [0.29, 0.717) is 10.0 Å². The molecule has 2 N–H and O–H groups in total. The highest BCUT2D eigenvalue weighted by Gasteiger charge is 2.32. The van der Waals surface area contributed by atoms with Crippen LogP contribution in [-0.4, -0.2) is 20.7 Å². The number of aryl methyl sites for hydroxylation is 1. The van der Waals surface area contributed by atoms with Gasteiger partial charge in [-0.3, -0.25) is 9.89 Å². The van der Waals surface area contributed by atoms with Gasteiger partial charge in [-0.25, -0.2) is 0 Å². The lowest BCUT2D eigenvalue weighted by atomic mass is 10.0. The van der Waals surface area contributed by atoms with E-state index in [4.69, 9.17) is 23.2 Å². The number of halogens is 2. The Balaban J connectivity index is 2.06. The fraction of sp³-hybridized carbons (Fsp3) is 0.250. The topological polar surface area (TPSA) is 62.7 Å². The van der Waals surface area contributed by atoms with Crippen LogP contribution in [0.5, 0.6) is 0 Å². The molecular weight excluding hydrogens is 335 g/mol. The zero-order chi connectivity index (χ0) is 16.1. The molecule has 3 heterocycles. The van der Waals surface area contributed by atoms with Crippen molar-refractivity contribution in [3.05, 3.63) is 40.3 Å². The molecule has 3 aromatic rings. The summed E-state index contributed by atoms with van der Waals surface area (Å²) in [5.74, 6) is -0.0454. The molecule has 1 aliphatic rings. The molecule has 1 aromatic carbocycles. The van der Waals surface area contributed by atoms with E-state index in [1.807, 2.05) is 12.3 Å². The van der Waals surface area contributed by atoms with Crippen LogP contribution in [0.1, 0.15) is 25.1 Å². The summed E-state index contributed by atoms with van der Waals surface area (Å²) in [4.78, 5) is 11.6. The summed E-state index contributed by atoms with van der Waals surface area (Å²) in [5, 5.41) is 12.0. The number of aromatic nitrogens is 3. The van der Waals surface area contributed by atoms with Gasteiger partial charge in [0, 0.05) is 41.9 Å². The van der Waals surface area contributed by atoms with E-state index in [9.17, 15) is 4.79 Å². The number of fused-ring (bicyclic) bond motifs is 3. The third-order valence-electron chi connectivity index (χ3n) is 4.29. The van der Waals surface area contributed by atoms with Crippen LogP contribution in [0.2, 0.25) is 10.0 Å². The van der Waals surface area contributed by atoms with Crippen molar-refractivity contribution < 1.29 is 4.79 Å². The Morgan fingerprint density at radius 2 is 2.26 bits per heavy atom. The first-order valence-corrected chi connectivity index (χ1v) is 8.10. The summed E-state index contributed by atoms with van der Waals surface area (Å²) in [7, 11) is 0. The number of aromatic amines is 1. The largest absolute Gasteiger partial charge is 0.348 e. The minimum absolute atomic E-state index is 0.0420. The standard InChI is InChI=1S/C16H14Cl2N4O/c1-8(23)21-12-4-5-22-15-10(2-3-11(17)14(15)18)13(16(12)22)9-6-19-20-7-9/h2-3,6-7,12H,4-5H2,1H3,(H,19,20)(H,21,23). The second-order valence-electron chi connectivity index (χ2n) is 5.70. The van der Waals surface area contributed by atoms with Gasteiger partial charge in [-0.15, -0.1) is 0 Å². The van der Waals surface area contributed by atoms with Gasteiger partial charge in [-0.05, 0) is 12.5 Å². The van der Waals surface area contributed by atoms with E-state index in [2.05, 4.69) is 20.1 Å². The van der Waals surface area contributed by atoms with Gasteiger partial charge in [0.25, 0.3) is 0 Å². The van der Waals surface area contributed by atoms with Gasteiger partial charge in [0.1, 0.15) is 0 Å². The Morgan fingerprint density at radius 1 is 1.43 bits per heavy atom. The minimum Gasteiger partial charge on any atom is -0.348 e. The molecular formula is C16H14Cl2N4O. The number of benzene rings is 1. The second-order valence-corrected chi connectivity index (χ2v) is 6.48. The van der Waals surface area contributed by atoms with Gasteiger partial charge >= 0.3 is 0 Å². The number of rotatable bonds is 2. The molecule has 1 unspecified atom stereocenters. The van der Waals surface area contributed by atoms with Gasteiger partial charge in [-0.1, -0.05) is 29.3 Å². The van der Waals surface area contributed by atoms with Crippen molar-refractivity contribution in [2.45, 2.75) is 25.9 Å². The highest BCUT2D eigenvalue weighted by atomic mass is 35.5. The molecule has 0 bridgehead atoms. The number of H-pyrrole nitrogens is 1. The predicted octanol–water partition coefficient (Wildman–Crippen LogP) is 3.92. The fourth-order valence-electron chi connectivity index (χ4n) is 3.47. The number of hydrogen-bond donors (Lipinski definition) is 2. The molecule has 0 radical (unpaired) electrons. The molecule has 1 amide bonds. The third kappa shape index (κ3) is 2.15. The SMILES string of the molecule is CC(=O)NC1CCn2c1c(-c1cn[nH]c1)c1ccc(Cl)c(Cl)c12. The molecule has 1 aliphatic heterocycles. The number of carbonyl (C=O) groups is 1. The van der Waals surface area contributed by atoms with Gasteiger partial charge in [0.05, 0.1) is 27.8 Å². The zero-order valence-corrected chi connectivity index (χ0v) is 13.9. The number of nitrogens with one attached hydrogen (secondary N) is 2. The van der Waals surface area contributed by atoms with Crippen LogP contribution in [0, 0.1) is 0 Å². The maximum absolute atomic E-state index is 11.6. The lowest BCUT2D eigenvalue weighted by molar-refractivity contribution is -0.119. The normalized spacial score (nSPS) is 16.7.